The van der Waals surface area contributed by atoms with Crippen LogP contribution in [0.2, 0.25) is 0 Å². The number of aromatic nitrogens is 2. The number of rotatable bonds is 2. The van der Waals surface area contributed by atoms with Crippen LogP contribution in [0.5, 0.6) is 0 Å². The smallest absolute Gasteiger partial charge is 0.340 e. The van der Waals surface area contributed by atoms with Crippen LogP contribution in [0.25, 0.3) is 11.0 Å². The number of aryl methyl sites for hydroxylation is 1. The lowest BCUT2D eigenvalue weighted by molar-refractivity contribution is 0.0603. The van der Waals surface area contributed by atoms with Crippen molar-refractivity contribution in [3.05, 3.63) is 29.6 Å². The van der Waals surface area contributed by atoms with E-state index in [0.717, 1.165) is 11.3 Å². The maximum absolute atomic E-state index is 11.5. The molecule has 2 aromatic rings. The van der Waals surface area contributed by atoms with Crippen LogP contribution in [0.3, 0.4) is 0 Å². The van der Waals surface area contributed by atoms with Crippen molar-refractivity contribution in [2.24, 2.45) is 7.05 Å². The minimum Gasteiger partial charge on any atom is -0.465 e. The van der Waals surface area contributed by atoms with Gasteiger partial charge in [0.25, 0.3) is 0 Å². The lowest BCUT2D eigenvalue weighted by Crippen LogP contribution is -2.01. The molecular formula is C11H11ClN2O2. The zero-order valence-corrected chi connectivity index (χ0v) is 9.78. The standard InChI is InChI=1S/C11H11ClN2O2/c1-14-8-5-3-4-7(11(15)16-2)10(8)13-9(14)6-12/h3-5H,6H2,1-2H3. The lowest BCUT2D eigenvalue weighted by atomic mass is 10.2. The minimum atomic E-state index is -0.384. The van der Waals surface area contributed by atoms with Crippen LogP contribution >= 0.6 is 11.6 Å². The molecule has 0 aliphatic heterocycles. The highest BCUT2D eigenvalue weighted by Crippen LogP contribution is 2.20. The van der Waals surface area contributed by atoms with Crippen LogP contribution in [-0.4, -0.2) is 22.6 Å². The van der Waals surface area contributed by atoms with E-state index in [1.54, 1.807) is 12.1 Å². The molecule has 0 N–H and O–H groups in total. The summed E-state index contributed by atoms with van der Waals surface area (Å²) in [6.45, 7) is 0. The number of para-hydroxylation sites is 1. The molecule has 5 heteroatoms. The van der Waals surface area contributed by atoms with Gasteiger partial charge in [-0.25, -0.2) is 9.78 Å². The van der Waals surface area contributed by atoms with E-state index in [0.29, 0.717) is 17.0 Å². The molecule has 0 atom stereocenters. The Balaban J connectivity index is 2.73. The summed E-state index contributed by atoms with van der Waals surface area (Å²) in [7, 11) is 3.22. The average Bonchev–Trinajstić information content (AvgIpc) is 2.65. The van der Waals surface area contributed by atoms with Crippen molar-refractivity contribution in [3.8, 4) is 0 Å². The number of hydrogen-bond acceptors (Lipinski definition) is 3. The van der Waals surface area contributed by atoms with Crippen LogP contribution in [0, 0.1) is 0 Å². The van der Waals surface area contributed by atoms with Gasteiger partial charge in [0.05, 0.1) is 24.1 Å². The topological polar surface area (TPSA) is 44.1 Å². The molecule has 0 fully saturated rings. The molecule has 0 saturated carbocycles. The third kappa shape index (κ3) is 1.55. The van der Waals surface area contributed by atoms with Gasteiger partial charge in [0, 0.05) is 7.05 Å². The number of benzene rings is 1. The molecule has 1 aromatic heterocycles. The van der Waals surface area contributed by atoms with Gasteiger partial charge in [-0.3, -0.25) is 0 Å². The van der Waals surface area contributed by atoms with E-state index in [1.807, 2.05) is 17.7 Å². The van der Waals surface area contributed by atoms with Crippen molar-refractivity contribution >= 4 is 28.6 Å². The van der Waals surface area contributed by atoms with E-state index in [-0.39, 0.29) is 5.97 Å². The maximum Gasteiger partial charge on any atom is 0.340 e. The predicted molar refractivity (Wildman–Crippen MR) is 61.6 cm³/mol. The highest BCUT2D eigenvalue weighted by atomic mass is 35.5. The molecule has 1 heterocycles. The molecule has 0 spiro atoms. The second-order valence-corrected chi connectivity index (χ2v) is 3.65. The third-order valence-corrected chi connectivity index (χ3v) is 2.77. The van der Waals surface area contributed by atoms with Gasteiger partial charge in [-0.05, 0) is 12.1 Å². The first-order valence-electron chi connectivity index (χ1n) is 4.77. The zero-order chi connectivity index (χ0) is 11.7. The van der Waals surface area contributed by atoms with Gasteiger partial charge in [-0.2, -0.15) is 0 Å². The maximum atomic E-state index is 11.5. The largest absolute Gasteiger partial charge is 0.465 e. The fourth-order valence-electron chi connectivity index (χ4n) is 1.66. The number of ether oxygens (including phenoxy) is 1. The molecule has 0 radical (unpaired) electrons. The van der Waals surface area contributed by atoms with Gasteiger partial charge in [0.15, 0.2) is 0 Å². The zero-order valence-electron chi connectivity index (χ0n) is 9.03. The van der Waals surface area contributed by atoms with Gasteiger partial charge in [-0.15, -0.1) is 11.6 Å². The Hall–Kier alpha value is -1.55. The number of fused-ring (bicyclic) bond motifs is 1. The number of methoxy groups -OCH3 is 1. The van der Waals surface area contributed by atoms with Crippen LogP contribution in [0.4, 0.5) is 0 Å². The first kappa shape index (κ1) is 11.0. The van der Waals surface area contributed by atoms with E-state index in [4.69, 9.17) is 16.3 Å². The highest BCUT2D eigenvalue weighted by molar-refractivity contribution is 6.17. The van der Waals surface area contributed by atoms with Crippen LogP contribution in [0.1, 0.15) is 16.2 Å². The normalized spacial score (nSPS) is 10.7. The number of nitrogens with zero attached hydrogens (tertiary/aromatic N) is 2. The number of imidazole rings is 1. The van der Waals surface area contributed by atoms with E-state index in [1.165, 1.54) is 7.11 Å². The van der Waals surface area contributed by atoms with E-state index >= 15 is 0 Å². The molecule has 1 aromatic carbocycles. The Morgan fingerprint density at radius 3 is 2.94 bits per heavy atom. The van der Waals surface area contributed by atoms with Gasteiger partial charge < -0.3 is 9.30 Å². The second-order valence-electron chi connectivity index (χ2n) is 3.39. The van der Waals surface area contributed by atoms with Gasteiger partial charge in [-0.1, -0.05) is 6.07 Å². The molecule has 0 aliphatic rings. The van der Waals surface area contributed by atoms with Crippen LogP contribution in [-0.2, 0) is 17.7 Å². The molecule has 0 aliphatic carbocycles. The van der Waals surface area contributed by atoms with Crippen LogP contribution in [0.15, 0.2) is 18.2 Å². The molecule has 16 heavy (non-hydrogen) atoms. The molecule has 2 rings (SSSR count). The molecule has 4 nitrogen and oxygen atoms in total. The Labute approximate surface area is 97.8 Å². The van der Waals surface area contributed by atoms with Gasteiger partial charge in [0.1, 0.15) is 11.3 Å². The van der Waals surface area contributed by atoms with Crippen LogP contribution < -0.4 is 0 Å². The summed E-state index contributed by atoms with van der Waals surface area (Å²) in [6.07, 6.45) is 0. The Bertz CT molecular complexity index is 548. The van der Waals surface area contributed by atoms with Crippen molar-refractivity contribution in [1.82, 2.24) is 9.55 Å². The highest BCUT2D eigenvalue weighted by Gasteiger charge is 2.15. The van der Waals surface area contributed by atoms with Crippen molar-refractivity contribution in [3.63, 3.8) is 0 Å². The van der Waals surface area contributed by atoms with E-state index in [9.17, 15) is 4.79 Å². The quantitative estimate of drug-likeness (QED) is 0.595. The number of alkyl halides is 1. The second kappa shape index (κ2) is 4.14. The number of halogens is 1. The van der Waals surface area contributed by atoms with Crippen molar-refractivity contribution in [1.29, 1.82) is 0 Å². The minimum absolute atomic E-state index is 0.311. The number of carbonyl (C=O) groups excluding carboxylic acids is 1. The summed E-state index contributed by atoms with van der Waals surface area (Å²) in [4.78, 5) is 15.9. The summed E-state index contributed by atoms with van der Waals surface area (Å²) in [5.74, 6) is 0.657. The first-order valence-corrected chi connectivity index (χ1v) is 5.31. The van der Waals surface area contributed by atoms with Gasteiger partial charge in [0.2, 0.25) is 0 Å². The summed E-state index contributed by atoms with van der Waals surface area (Å²) < 4.78 is 6.58. The predicted octanol–water partition coefficient (Wildman–Crippen LogP) is 2.10. The van der Waals surface area contributed by atoms with E-state index in [2.05, 4.69) is 4.98 Å². The lowest BCUT2D eigenvalue weighted by Gasteiger charge is -2.00. The van der Waals surface area contributed by atoms with Gasteiger partial charge >= 0.3 is 5.97 Å². The Morgan fingerprint density at radius 2 is 2.31 bits per heavy atom. The number of hydrogen-bond donors (Lipinski definition) is 0. The molecule has 0 saturated heterocycles. The Morgan fingerprint density at radius 1 is 1.56 bits per heavy atom. The number of esters is 1. The summed E-state index contributed by atoms with van der Waals surface area (Å²) in [6, 6.07) is 5.39. The monoisotopic (exact) mass is 238 g/mol. The Kier molecular flexibility index (Phi) is 2.83. The summed E-state index contributed by atoms with van der Waals surface area (Å²) >= 11 is 5.77. The molecule has 0 unspecified atom stereocenters. The van der Waals surface area contributed by atoms with Crippen molar-refractivity contribution in [2.75, 3.05) is 7.11 Å². The van der Waals surface area contributed by atoms with Crippen molar-refractivity contribution in [2.45, 2.75) is 5.88 Å². The fourth-order valence-corrected chi connectivity index (χ4v) is 1.90. The molecule has 0 bridgehead atoms. The summed E-state index contributed by atoms with van der Waals surface area (Å²) in [5, 5.41) is 0. The molecule has 84 valence electrons. The van der Waals surface area contributed by atoms with E-state index < -0.39 is 0 Å². The SMILES string of the molecule is COC(=O)c1cccc2c1nc(CCl)n2C. The summed E-state index contributed by atoms with van der Waals surface area (Å²) in [5.41, 5.74) is 1.97. The molecule has 0 amide bonds. The number of carbonyl (C=O) groups is 1. The fraction of sp³-hybridized carbons (Fsp3) is 0.273. The average molecular weight is 239 g/mol. The third-order valence-electron chi connectivity index (χ3n) is 2.53. The first-order chi connectivity index (χ1) is 7.69. The van der Waals surface area contributed by atoms with Crippen molar-refractivity contribution < 1.29 is 9.53 Å². The molecular weight excluding hydrogens is 228 g/mol.